The smallest absolute Gasteiger partial charge is 0.416 e. The van der Waals surface area contributed by atoms with Gasteiger partial charge in [-0.05, 0) is 36.4 Å². The van der Waals surface area contributed by atoms with Crippen LogP contribution in [-0.4, -0.2) is 17.9 Å². The van der Waals surface area contributed by atoms with Gasteiger partial charge in [0.25, 0.3) is 0 Å². The van der Waals surface area contributed by atoms with Crippen LogP contribution in [0.15, 0.2) is 59.1 Å². The van der Waals surface area contributed by atoms with Crippen LogP contribution in [0.4, 0.5) is 13.2 Å². The van der Waals surface area contributed by atoms with Crippen LogP contribution in [-0.2, 0) is 17.6 Å². The summed E-state index contributed by atoms with van der Waals surface area (Å²) in [5.74, 6) is 0.914. The summed E-state index contributed by atoms with van der Waals surface area (Å²) in [7, 11) is 1.57. The lowest BCUT2D eigenvalue weighted by Gasteiger charge is -2.06. The number of alkyl halides is 3. The average molecular weight is 407 g/mol. The molecule has 28 heavy (non-hydrogen) atoms. The minimum Gasteiger partial charge on any atom is -0.497 e. The Hall–Kier alpha value is -3.07. The zero-order valence-corrected chi connectivity index (χ0v) is 15.6. The predicted octanol–water partition coefficient (Wildman–Crippen LogP) is 4.67. The fourth-order valence-corrected chi connectivity index (χ4v) is 3.10. The molecule has 1 aromatic heterocycles. The number of amidine groups is 1. The molecular formula is C19H16F3N3O2S. The summed E-state index contributed by atoms with van der Waals surface area (Å²) in [6, 6.07) is 11.9. The Bertz CT molecular complexity index is 952. The second kappa shape index (κ2) is 8.30. The van der Waals surface area contributed by atoms with Gasteiger partial charge in [0.15, 0.2) is 12.4 Å². The van der Waals surface area contributed by atoms with Crippen molar-refractivity contribution in [2.24, 2.45) is 10.9 Å². The van der Waals surface area contributed by atoms with E-state index in [9.17, 15) is 13.2 Å². The van der Waals surface area contributed by atoms with Gasteiger partial charge in [-0.1, -0.05) is 17.3 Å². The van der Waals surface area contributed by atoms with E-state index >= 15 is 0 Å². The van der Waals surface area contributed by atoms with Crippen LogP contribution in [0.2, 0.25) is 0 Å². The van der Waals surface area contributed by atoms with Gasteiger partial charge in [-0.3, -0.25) is 0 Å². The normalized spacial score (nSPS) is 12.1. The second-order valence-electron chi connectivity index (χ2n) is 5.70. The van der Waals surface area contributed by atoms with E-state index < -0.39 is 11.7 Å². The number of nitrogens with zero attached hydrogens (tertiary/aromatic N) is 2. The number of aromatic nitrogens is 1. The van der Waals surface area contributed by atoms with E-state index in [1.807, 2.05) is 0 Å². The third-order valence-corrected chi connectivity index (χ3v) is 4.71. The number of benzene rings is 2. The summed E-state index contributed by atoms with van der Waals surface area (Å²) < 4.78 is 43.0. The Labute approximate surface area is 163 Å². The Morgan fingerprint density at radius 2 is 1.79 bits per heavy atom. The van der Waals surface area contributed by atoms with Gasteiger partial charge in [-0.25, -0.2) is 4.98 Å². The third kappa shape index (κ3) is 4.80. The average Bonchev–Trinajstić information content (AvgIpc) is 3.16. The number of halogens is 3. The summed E-state index contributed by atoms with van der Waals surface area (Å²) in [6.45, 7) is 0.0913. The zero-order chi connectivity index (χ0) is 20.1. The van der Waals surface area contributed by atoms with E-state index in [0.29, 0.717) is 27.6 Å². The standard InChI is InChI=1S/C19H16F3N3O2S/c1-26-16-8-4-12(5-9-16)17(23)25-27-10-15-11-28-18(24-15)13-2-6-14(7-3-13)19(20,21)22/h2-9,11H,10H2,1H3,(H2,23,25). The molecule has 2 N–H and O–H groups in total. The second-order valence-corrected chi connectivity index (χ2v) is 6.56. The number of oxime groups is 1. The maximum Gasteiger partial charge on any atom is 0.416 e. The van der Waals surface area contributed by atoms with Crippen LogP contribution >= 0.6 is 11.3 Å². The molecule has 0 aliphatic rings. The first-order chi connectivity index (χ1) is 13.4. The van der Waals surface area contributed by atoms with Gasteiger partial charge in [-0.2, -0.15) is 13.2 Å². The minimum atomic E-state index is -4.36. The molecule has 0 atom stereocenters. The maximum absolute atomic E-state index is 12.6. The van der Waals surface area contributed by atoms with Gasteiger partial charge in [0.2, 0.25) is 0 Å². The fraction of sp³-hybridized carbons (Fsp3) is 0.158. The summed E-state index contributed by atoms with van der Waals surface area (Å²) in [5.41, 5.74) is 7.07. The summed E-state index contributed by atoms with van der Waals surface area (Å²) in [4.78, 5) is 9.58. The summed E-state index contributed by atoms with van der Waals surface area (Å²) in [6.07, 6.45) is -4.36. The van der Waals surface area contributed by atoms with Crippen molar-refractivity contribution in [1.82, 2.24) is 4.98 Å². The first-order valence-electron chi connectivity index (χ1n) is 8.08. The van der Waals surface area contributed by atoms with E-state index in [1.165, 1.54) is 23.5 Å². The number of hydrogen-bond donors (Lipinski definition) is 1. The fourth-order valence-electron chi connectivity index (χ4n) is 2.29. The Morgan fingerprint density at radius 3 is 2.39 bits per heavy atom. The molecule has 9 heteroatoms. The highest BCUT2D eigenvalue weighted by Crippen LogP contribution is 2.31. The van der Waals surface area contributed by atoms with Crippen LogP contribution in [0.5, 0.6) is 5.75 Å². The third-order valence-electron chi connectivity index (χ3n) is 3.77. The number of methoxy groups -OCH3 is 1. The lowest BCUT2D eigenvalue weighted by molar-refractivity contribution is -0.137. The van der Waals surface area contributed by atoms with E-state index in [0.717, 1.165) is 12.1 Å². The van der Waals surface area contributed by atoms with Gasteiger partial charge in [0.1, 0.15) is 10.8 Å². The Kier molecular flexibility index (Phi) is 5.84. The Balaban J connectivity index is 1.61. The largest absolute Gasteiger partial charge is 0.497 e. The first-order valence-corrected chi connectivity index (χ1v) is 8.96. The molecule has 0 bridgehead atoms. The minimum absolute atomic E-state index is 0.0913. The van der Waals surface area contributed by atoms with Crippen molar-refractivity contribution in [2.75, 3.05) is 7.11 Å². The number of thiazole rings is 1. The highest BCUT2D eigenvalue weighted by atomic mass is 32.1. The lowest BCUT2D eigenvalue weighted by Crippen LogP contribution is -2.13. The van der Waals surface area contributed by atoms with Crippen molar-refractivity contribution in [2.45, 2.75) is 12.8 Å². The molecule has 0 saturated heterocycles. The van der Waals surface area contributed by atoms with Crippen molar-refractivity contribution in [3.05, 3.63) is 70.7 Å². The van der Waals surface area contributed by atoms with E-state index in [-0.39, 0.29) is 12.4 Å². The molecule has 1 heterocycles. The molecule has 0 aliphatic carbocycles. The predicted molar refractivity (Wildman–Crippen MR) is 101 cm³/mol. The van der Waals surface area contributed by atoms with Gasteiger partial charge in [0, 0.05) is 16.5 Å². The lowest BCUT2D eigenvalue weighted by atomic mass is 10.1. The van der Waals surface area contributed by atoms with Gasteiger partial charge < -0.3 is 15.3 Å². The molecule has 0 radical (unpaired) electrons. The molecule has 0 spiro atoms. The topological polar surface area (TPSA) is 69.7 Å². The summed E-state index contributed by atoms with van der Waals surface area (Å²) in [5, 5.41) is 6.21. The molecular weight excluding hydrogens is 391 g/mol. The molecule has 0 fully saturated rings. The van der Waals surface area contributed by atoms with Crippen molar-refractivity contribution < 1.29 is 22.7 Å². The molecule has 0 unspecified atom stereocenters. The number of hydrogen-bond acceptors (Lipinski definition) is 5. The van der Waals surface area contributed by atoms with Crippen molar-refractivity contribution in [1.29, 1.82) is 0 Å². The molecule has 0 amide bonds. The molecule has 2 aromatic carbocycles. The van der Waals surface area contributed by atoms with E-state index in [4.69, 9.17) is 15.3 Å². The van der Waals surface area contributed by atoms with E-state index in [1.54, 1.807) is 36.8 Å². The summed E-state index contributed by atoms with van der Waals surface area (Å²) >= 11 is 1.31. The molecule has 3 rings (SSSR count). The number of nitrogens with two attached hydrogens (primary N) is 1. The van der Waals surface area contributed by atoms with Gasteiger partial charge >= 0.3 is 6.18 Å². The molecule has 0 saturated carbocycles. The van der Waals surface area contributed by atoms with Gasteiger partial charge in [0.05, 0.1) is 18.4 Å². The highest BCUT2D eigenvalue weighted by molar-refractivity contribution is 7.13. The van der Waals surface area contributed by atoms with Crippen LogP contribution in [0, 0.1) is 0 Å². The SMILES string of the molecule is COc1ccc(/C(N)=N/OCc2csc(-c3ccc(C(F)(F)F)cc3)n2)cc1. The quantitative estimate of drug-likeness (QED) is 0.366. The van der Waals surface area contributed by atoms with Crippen LogP contribution in [0.1, 0.15) is 16.8 Å². The van der Waals surface area contributed by atoms with E-state index in [2.05, 4.69) is 10.1 Å². The van der Waals surface area contributed by atoms with Crippen LogP contribution in [0.3, 0.4) is 0 Å². The van der Waals surface area contributed by atoms with Crippen molar-refractivity contribution in [3.8, 4) is 16.3 Å². The zero-order valence-electron chi connectivity index (χ0n) is 14.7. The van der Waals surface area contributed by atoms with Crippen molar-refractivity contribution >= 4 is 17.2 Å². The monoisotopic (exact) mass is 407 g/mol. The molecule has 146 valence electrons. The number of ether oxygens (including phenoxy) is 1. The maximum atomic E-state index is 12.6. The number of rotatable bonds is 6. The molecule has 3 aromatic rings. The highest BCUT2D eigenvalue weighted by Gasteiger charge is 2.30. The molecule has 0 aliphatic heterocycles. The molecule has 5 nitrogen and oxygen atoms in total. The van der Waals surface area contributed by atoms with Crippen LogP contribution in [0.25, 0.3) is 10.6 Å². The van der Waals surface area contributed by atoms with Crippen LogP contribution < -0.4 is 10.5 Å². The first kappa shape index (κ1) is 19.7. The van der Waals surface area contributed by atoms with Crippen molar-refractivity contribution in [3.63, 3.8) is 0 Å². The Morgan fingerprint density at radius 1 is 1.11 bits per heavy atom. The van der Waals surface area contributed by atoms with Gasteiger partial charge in [-0.15, -0.1) is 11.3 Å².